The van der Waals surface area contributed by atoms with E-state index in [4.69, 9.17) is 4.74 Å². The third kappa shape index (κ3) is 3.48. The summed E-state index contributed by atoms with van der Waals surface area (Å²) in [7, 11) is -3.46. The zero-order valence-electron chi connectivity index (χ0n) is 17.5. The van der Waals surface area contributed by atoms with Crippen molar-refractivity contribution in [3.63, 3.8) is 0 Å². The standard InChI is InChI=1S/C23H26N4O3S/c1-31(28,29)26-22-25-24-21-9-20(19(13-27(21)22)18-4-2-3-5-18)30-14-23-10-15-6-16(11-23)8-17(7-15)12-23/h2-4,9,13,15-17H,6-8,10-12,14H2,1H3,(H,25,26). The number of hydrogen-bond acceptors (Lipinski definition) is 5. The second kappa shape index (κ2) is 6.71. The maximum atomic E-state index is 11.7. The lowest BCUT2D eigenvalue weighted by Crippen LogP contribution is -2.48. The Morgan fingerprint density at radius 3 is 2.52 bits per heavy atom. The number of nitrogens with one attached hydrogen (secondary N) is 1. The Kier molecular flexibility index (Phi) is 4.14. The van der Waals surface area contributed by atoms with Crippen molar-refractivity contribution >= 4 is 27.2 Å². The van der Waals surface area contributed by atoms with Gasteiger partial charge in [-0.15, -0.1) is 15.9 Å². The summed E-state index contributed by atoms with van der Waals surface area (Å²) in [6.07, 6.45) is 16.8. The van der Waals surface area contributed by atoms with E-state index in [1.165, 1.54) is 38.5 Å². The summed E-state index contributed by atoms with van der Waals surface area (Å²) in [5, 5.41) is 8.17. The number of allylic oxidation sites excluding steroid dienone is 3. The number of ether oxygens (including phenoxy) is 1. The fraction of sp³-hybridized carbons (Fsp3) is 0.522. The third-order valence-electron chi connectivity index (χ3n) is 7.37. The molecule has 8 heteroatoms. The van der Waals surface area contributed by atoms with Crippen LogP contribution in [0.25, 0.3) is 11.2 Å². The maximum absolute atomic E-state index is 11.7. The lowest BCUT2D eigenvalue weighted by molar-refractivity contribution is -0.0745. The Morgan fingerprint density at radius 2 is 1.90 bits per heavy atom. The molecule has 7 rings (SSSR count). The minimum Gasteiger partial charge on any atom is -0.492 e. The Bertz CT molecular complexity index is 1230. The molecule has 4 bridgehead atoms. The number of fused-ring (bicyclic) bond motifs is 1. The van der Waals surface area contributed by atoms with E-state index in [2.05, 4.69) is 20.7 Å². The number of pyridine rings is 1. The van der Waals surface area contributed by atoms with Gasteiger partial charge >= 0.3 is 0 Å². The van der Waals surface area contributed by atoms with Crippen molar-refractivity contribution in [1.82, 2.24) is 14.6 Å². The van der Waals surface area contributed by atoms with E-state index in [1.54, 1.807) is 4.40 Å². The van der Waals surface area contributed by atoms with Crippen molar-refractivity contribution in [2.45, 2.75) is 38.5 Å². The van der Waals surface area contributed by atoms with Crippen LogP contribution in [0.5, 0.6) is 5.75 Å². The van der Waals surface area contributed by atoms with Crippen molar-refractivity contribution in [2.24, 2.45) is 23.2 Å². The first-order chi connectivity index (χ1) is 14.9. The number of sulfonamides is 1. The molecular formula is C23H26N4O3S. The van der Waals surface area contributed by atoms with Crippen LogP contribution in [0.4, 0.5) is 5.95 Å². The summed E-state index contributed by atoms with van der Waals surface area (Å²) < 4.78 is 34.0. The van der Waals surface area contributed by atoms with Gasteiger partial charge in [0.2, 0.25) is 16.0 Å². The summed E-state index contributed by atoms with van der Waals surface area (Å²) in [5.74, 6) is 3.55. The van der Waals surface area contributed by atoms with E-state index in [1.807, 2.05) is 30.5 Å². The normalized spacial score (nSPS) is 30.9. The molecule has 0 aromatic carbocycles. The fourth-order valence-corrected chi connectivity index (χ4v) is 7.14. The molecule has 5 aliphatic rings. The van der Waals surface area contributed by atoms with Gasteiger partial charge in [0.05, 0.1) is 12.9 Å². The predicted molar refractivity (Wildman–Crippen MR) is 118 cm³/mol. The van der Waals surface area contributed by atoms with Crippen molar-refractivity contribution < 1.29 is 13.2 Å². The summed E-state index contributed by atoms with van der Waals surface area (Å²) in [5.41, 5.74) is 5.84. The molecule has 2 heterocycles. The van der Waals surface area contributed by atoms with Crippen LogP contribution >= 0.6 is 0 Å². The molecule has 31 heavy (non-hydrogen) atoms. The van der Waals surface area contributed by atoms with Gasteiger partial charge in [0.1, 0.15) is 5.75 Å². The van der Waals surface area contributed by atoms with Crippen molar-refractivity contribution in [2.75, 3.05) is 17.6 Å². The van der Waals surface area contributed by atoms with Gasteiger partial charge in [-0.05, 0) is 68.4 Å². The molecule has 4 fully saturated rings. The minimum atomic E-state index is -3.46. The number of nitrogens with zero attached hydrogens (tertiary/aromatic N) is 3. The molecule has 0 unspecified atom stereocenters. The highest BCUT2D eigenvalue weighted by Crippen LogP contribution is 2.60. The molecule has 162 valence electrons. The van der Waals surface area contributed by atoms with Crippen LogP contribution in [0, 0.1) is 23.2 Å². The van der Waals surface area contributed by atoms with Gasteiger partial charge in [0, 0.05) is 28.8 Å². The molecule has 0 atom stereocenters. The van der Waals surface area contributed by atoms with Crippen LogP contribution in [0.15, 0.2) is 36.2 Å². The highest BCUT2D eigenvalue weighted by Gasteiger charge is 2.51. The molecule has 4 saturated carbocycles. The molecule has 5 aliphatic carbocycles. The van der Waals surface area contributed by atoms with Gasteiger partial charge < -0.3 is 4.74 Å². The maximum Gasteiger partial charge on any atom is 0.242 e. The average molecular weight is 439 g/mol. The van der Waals surface area contributed by atoms with E-state index < -0.39 is 10.0 Å². The second-order valence-corrected chi connectivity index (χ2v) is 11.7. The summed E-state index contributed by atoms with van der Waals surface area (Å²) >= 11 is 0. The lowest BCUT2D eigenvalue weighted by atomic mass is 9.50. The molecule has 2 aromatic rings. The number of hydrogen-bond donors (Lipinski definition) is 1. The zero-order valence-corrected chi connectivity index (χ0v) is 18.4. The molecule has 0 radical (unpaired) electrons. The highest BCUT2D eigenvalue weighted by molar-refractivity contribution is 7.92. The van der Waals surface area contributed by atoms with Crippen molar-refractivity contribution in [3.8, 4) is 5.75 Å². The Balaban J connectivity index is 1.35. The lowest BCUT2D eigenvalue weighted by Gasteiger charge is -2.56. The number of anilines is 1. The van der Waals surface area contributed by atoms with Gasteiger partial charge in [0.15, 0.2) is 5.65 Å². The predicted octanol–water partition coefficient (Wildman–Crippen LogP) is 3.80. The van der Waals surface area contributed by atoms with Gasteiger partial charge in [0.25, 0.3) is 0 Å². The molecule has 0 spiro atoms. The summed E-state index contributed by atoms with van der Waals surface area (Å²) in [6, 6.07) is 1.86. The first kappa shape index (κ1) is 19.1. The molecule has 0 amide bonds. The Hall–Kier alpha value is -2.57. The van der Waals surface area contributed by atoms with Gasteiger partial charge in [-0.2, -0.15) is 0 Å². The molecule has 1 N–H and O–H groups in total. The van der Waals surface area contributed by atoms with Crippen molar-refractivity contribution in [3.05, 3.63) is 41.8 Å². The topological polar surface area (TPSA) is 85.6 Å². The highest BCUT2D eigenvalue weighted by atomic mass is 32.2. The van der Waals surface area contributed by atoms with Crippen LogP contribution in [0.1, 0.15) is 44.1 Å². The fourth-order valence-electron chi connectivity index (χ4n) is 6.67. The van der Waals surface area contributed by atoms with Crippen LogP contribution in [-0.4, -0.2) is 35.9 Å². The van der Waals surface area contributed by atoms with Crippen LogP contribution in [-0.2, 0) is 10.0 Å². The second-order valence-electron chi connectivity index (χ2n) is 9.97. The summed E-state index contributed by atoms with van der Waals surface area (Å²) in [6.45, 7) is 0.725. The SMILES string of the molecule is CS(=O)(=O)Nc1nnc2cc(OCC34CC5CC(CC(C5)C3)C4)c(C3=C=CC=C3)cn12. The number of aromatic nitrogens is 3. The van der Waals surface area contributed by atoms with E-state index >= 15 is 0 Å². The largest absolute Gasteiger partial charge is 0.492 e. The van der Waals surface area contributed by atoms with E-state index in [0.29, 0.717) is 11.1 Å². The molecule has 0 saturated heterocycles. The minimum absolute atomic E-state index is 0.165. The first-order valence-electron chi connectivity index (χ1n) is 11.0. The Morgan fingerprint density at radius 1 is 1.19 bits per heavy atom. The third-order valence-corrected chi connectivity index (χ3v) is 7.92. The van der Waals surface area contributed by atoms with Crippen LogP contribution in [0.2, 0.25) is 0 Å². The van der Waals surface area contributed by atoms with E-state index in [-0.39, 0.29) is 5.95 Å². The molecular weight excluding hydrogens is 412 g/mol. The zero-order chi connectivity index (χ0) is 21.2. The van der Waals surface area contributed by atoms with Crippen LogP contribution < -0.4 is 9.46 Å². The molecule has 7 nitrogen and oxygen atoms in total. The quantitative estimate of drug-likeness (QED) is 0.694. The van der Waals surface area contributed by atoms with Crippen LogP contribution in [0.3, 0.4) is 0 Å². The first-order valence-corrected chi connectivity index (χ1v) is 12.9. The van der Waals surface area contributed by atoms with E-state index in [0.717, 1.165) is 47.5 Å². The smallest absolute Gasteiger partial charge is 0.242 e. The van der Waals surface area contributed by atoms with Gasteiger partial charge in [-0.25, -0.2) is 8.42 Å². The Labute approximate surface area is 181 Å². The average Bonchev–Trinajstić information content (AvgIpc) is 3.34. The van der Waals surface area contributed by atoms with Crippen molar-refractivity contribution in [1.29, 1.82) is 0 Å². The molecule has 2 aromatic heterocycles. The van der Waals surface area contributed by atoms with Gasteiger partial charge in [-0.3, -0.25) is 9.12 Å². The van der Waals surface area contributed by atoms with Gasteiger partial charge in [-0.1, -0.05) is 6.08 Å². The molecule has 0 aliphatic heterocycles. The summed E-state index contributed by atoms with van der Waals surface area (Å²) in [4.78, 5) is 0. The monoisotopic (exact) mass is 438 g/mol. The van der Waals surface area contributed by atoms with E-state index in [9.17, 15) is 8.42 Å². The number of rotatable bonds is 6.